The molecule has 0 unspecified atom stereocenters. The molecule has 2 aromatic heterocycles. The summed E-state index contributed by atoms with van der Waals surface area (Å²) in [7, 11) is 1.78. The van der Waals surface area contributed by atoms with E-state index in [1.54, 1.807) is 24.6 Å². The Morgan fingerprint density at radius 2 is 2.17 bits per heavy atom. The van der Waals surface area contributed by atoms with Crippen molar-refractivity contribution >= 4 is 41.3 Å². The van der Waals surface area contributed by atoms with Gasteiger partial charge in [0.2, 0.25) is 0 Å². The van der Waals surface area contributed by atoms with Crippen molar-refractivity contribution in [1.82, 2.24) is 20.6 Å². The molecule has 0 saturated carbocycles. The van der Waals surface area contributed by atoms with Crippen LogP contribution in [0.3, 0.4) is 0 Å². The number of hydrogen-bond donors (Lipinski definition) is 2. The summed E-state index contributed by atoms with van der Waals surface area (Å²) in [5.41, 5.74) is 2.37. The van der Waals surface area contributed by atoms with Gasteiger partial charge in [0.25, 0.3) is 0 Å². The second kappa shape index (κ2) is 10.5. The van der Waals surface area contributed by atoms with E-state index in [0.717, 1.165) is 29.6 Å². The van der Waals surface area contributed by atoms with Gasteiger partial charge in [-0.3, -0.25) is 9.98 Å². The van der Waals surface area contributed by atoms with E-state index in [2.05, 4.69) is 50.9 Å². The van der Waals surface area contributed by atoms with E-state index in [9.17, 15) is 0 Å². The maximum absolute atomic E-state index is 4.61. The quantitative estimate of drug-likeness (QED) is 0.408. The number of nitrogens with one attached hydrogen (secondary N) is 2. The van der Waals surface area contributed by atoms with Gasteiger partial charge in [0, 0.05) is 31.4 Å². The molecule has 7 heteroatoms. The summed E-state index contributed by atoms with van der Waals surface area (Å²) in [6.45, 7) is 5.83. The van der Waals surface area contributed by atoms with Gasteiger partial charge < -0.3 is 10.6 Å². The highest BCUT2D eigenvalue weighted by Gasteiger charge is 2.06. The van der Waals surface area contributed by atoms with Gasteiger partial charge in [0.1, 0.15) is 5.01 Å². The highest BCUT2D eigenvalue weighted by molar-refractivity contribution is 14.0. The van der Waals surface area contributed by atoms with Gasteiger partial charge in [-0.25, -0.2) is 4.98 Å². The van der Waals surface area contributed by atoms with E-state index in [4.69, 9.17) is 0 Å². The first-order chi connectivity index (χ1) is 10.7. The average Bonchev–Trinajstić information content (AvgIpc) is 3.01. The molecule has 2 rings (SSSR count). The van der Waals surface area contributed by atoms with E-state index in [0.29, 0.717) is 12.5 Å². The number of aromatic nitrogens is 2. The molecule has 0 bridgehead atoms. The topological polar surface area (TPSA) is 62.2 Å². The maximum atomic E-state index is 4.61. The van der Waals surface area contributed by atoms with Crippen LogP contribution in [0.4, 0.5) is 0 Å². The third-order valence-electron chi connectivity index (χ3n) is 3.22. The summed E-state index contributed by atoms with van der Waals surface area (Å²) in [5, 5.41) is 9.81. The zero-order chi connectivity index (χ0) is 15.8. The lowest BCUT2D eigenvalue weighted by atomic mass is 10.2. The van der Waals surface area contributed by atoms with Crippen molar-refractivity contribution in [2.24, 2.45) is 4.99 Å². The van der Waals surface area contributed by atoms with Crippen molar-refractivity contribution in [2.45, 2.75) is 32.7 Å². The Morgan fingerprint density at radius 1 is 1.35 bits per heavy atom. The molecule has 0 fully saturated rings. The van der Waals surface area contributed by atoms with E-state index in [-0.39, 0.29) is 24.0 Å². The van der Waals surface area contributed by atoms with Crippen molar-refractivity contribution in [2.75, 3.05) is 13.6 Å². The first-order valence-corrected chi connectivity index (χ1v) is 8.34. The molecular weight excluding hydrogens is 421 g/mol. The van der Waals surface area contributed by atoms with Crippen molar-refractivity contribution < 1.29 is 0 Å². The largest absolute Gasteiger partial charge is 0.356 e. The van der Waals surface area contributed by atoms with Crippen molar-refractivity contribution in [3.8, 4) is 0 Å². The number of thiazole rings is 1. The Bertz CT molecular complexity index is 598. The third kappa shape index (κ3) is 6.82. The monoisotopic (exact) mass is 445 g/mol. The van der Waals surface area contributed by atoms with Crippen molar-refractivity contribution in [1.29, 1.82) is 0 Å². The van der Waals surface area contributed by atoms with Crippen LogP contribution >= 0.6 is 35.3 Å². The van der Waals surface area contributed by atoms with Gasteiger partial charge in [-0.05, 0) is 24.0 Å². The lowest BCUT2D eigenvalue weighted by molar-refractivity contribution is 0.777. The molecular formula is C16H24IN5S. The predicted molar refractivity (Wildman–Crippen MR) is 108 cm³/mol. The Morgan fingerprint density at radius 3 is 2.78 bits per heavy atom. The SMILES string of the molecule is CN=C(NCCc1cccnc1)NCc1nc(C(C)C)cs1.I. The standard InChI is InChI=1S/C16H23N5S.HI/c1-12(2)14-11-22-15(21-14)10-20-16(17-3)19-8-6-13-5-4-7-18-9-13;/h4-5,7,9,11-12H,6,8,10H2,1-3H3,(H2,17,19,20);1H. The number of guanidine groups is 1. The zero-order valence-electron chi connectivity index (χ0n) is 13.7. The molecule has 0 amide bonds. The van der Waals surface area contributed by atoms with Crippen molar-refractivity contribution in [3.63, 3.8) is 0 Å². The summed E-state index contributed by atoms with van der Waals surface area (Å²) in [4.78, 5) is 13.0. The number of halogens is 1. The van der Waals surface area contributed by atoms with Crippen LogP contribution < -0.4 is 10.6 Å². The Balaban J connectivity index is 0.00000264. The molecule has 5 nitrogen and oxygen atoms in total. The van der Waals surface area contributed by atoms with Gasteiger partial charge in [0.05, 0.1) is 12.2 Å². The summed E-state index contributed by atoms with van der Waals surface area (Å²) < 4.78 is 0. The van der Waals surface area contributed by atoms with Gasteiger partial charge in [-0.2, -0.15) is 0 Å². The third-order valence-corrected chi connectivity index (χ3v) is 4.09. The Labute approximate surface area is 159 Å². The van der Waals surface area contributed by atoms with Crippen LogP contribution in [0.1, 0.15) is 36.0 Å². The van der Waals surface area contributed by atoms with Gasteiger partial charge >= 0.3 is 0 Å². The number of nitrogens with zero attached hydrogens (tertiary/aromatic N) is 3. The van der Waals surface area contributed by atoms with Gasteiger partial charge in [-0.1, -0.05) is 19.9 Å². The second-order valence-electron chi connectivity index (χ2n) is 5.28. The lowest BCUT2D eigenvalue weighted by Gasteiger charge is -2.10. The van der Waals surface area contributed by atoms with E-state index in [1.165, 1.54) is 5.56 Å². The minimum atomic E-state index is 0. The van der Waals surface area contributed by atoms with Crippen LogP contribution in [0.2, 0.25) is 0 Å². The van der Waals surface area contributed by atoms with E-state index < -0.39 is 0 Å². The van der Waals surface area contributed by atoms with Crippen LogP contribution in [-0.4, -0.2) is 29.5 Å². The molecule has 126 valence electrons. The number of rotatable bonds is 6. The molecule has 2 aromatic rings. The van der Waals surface area contributed by atoms with Crippen LogP contribution in [-0.2, 0) is 13.0 Å². The molecule has 0 radical (unpaired) electrons. The molecule has 0 saturated heterocycles. The van der Waals surface area contributed by atoms with Crippen molar-refractivity contribution in [3.05, 3.63) is 46.2 Å². The second-order valence-corrected chi connectivity index (χ2v) is 6.23. The van der Waals surface area contributed by atoms with Gasteiger partial charge in [-0.15, -0.1) is 35.3 Å². The minimum absolute atomic E-state index is 0. The first-order valence-electron chi connectivity index (χ1n) is 7.46. The van der Waals surface area contributed by atoms with E-state index in [1.807, 2.05) is 12.3 Å². The molecule has 0 aliphatic heterocycles. The minimum Gasteiger partial charge on any atom is -0.356 e. The normalized spacial score (nSPS) is 11.2. The molecule has 2 heterocycles. The fraction of sp³-hybridized carbons (Fsp3) is 0.438. The Kier molecular flexibility index (Phi) is 9.08. The lowest BCUT2D eigenvalue weighted by Crippen LogP contribution is -2.37. The molecule has 0 aromatic carbocycles. The zero-order valence-corrected chi connectivity index (χ0v) is 16.9. The summed E-state index contributed by atoms with van der Waals surface area (Å²) in [6, 6.07) is 4.03. The van der Waals surface area contributed by atoms with Crippen LogP contribution in [0.25, 0.3) is 0 Å². The smallest absolute Gasteiger partial charge is 0.191 e. The fourth-order valence-electron chi connectivity index (χ4n) is 1.92. The molecule has 23 heavy (non-hydrogen) atoms. The summed E-state index contributed by atoms with van der Waals surface area (Å²) in [6.07, 6.45) is 4.60. The molecule has 0 atom stereocenters. The van der Waals surface area contributed by atoms with Crippen LogP contribution in [0, 0.1) is 0 Å². The summed E-state index contributed by atoms with van der Waals surface area (Å²) >= 11 is 1.69. The molecule has 0 aliphatic rings. The highest BCUT2D eigenvalue weighted by atomic mass is 127. The van der Waals surface area contributed by atoms with Crippen LogP contribution in [0.15, 0.2) is 34.9 Å². The number of pyridine rings is 1. The van der Waals surface area contributed by atoms with Gasteiger partial charge in [0.15, 0.2) is 5.96 Å². The molecule has 0 aliphatic carbocycles. The summed E-state index contributed by atoms with van der Waals surface area (Å²) in [5.74, 6) is 1.27. The van der Waals surface area contributed by atoms with E-state index >= 15 is 0 Å². The molecule has 0 spiro atoms. The predicted octanol–water partition coefficient (Wildman–Crippen LogP) is 3.19. The average molecular weight is 445 g/mol. The Hall–Kier alpha value is -1.22. The fourth-order valence-corrected chi connectivity index (χ4v) is 2.82. The maximum Gasteiger partial charge on any atom is 0.191 e. The highest BCUT2D eigenvalue weighted by Crippen LogP contribution is 2.17. The number of hydrogen-bond acceptors (Lipinski definition) is 4. The number of aliphatic imine (C=N–C) groups is 1. The first kappa shape index (κ1) is 19.8. The van der Waals surface area contributed by atoms with Crippen LogP contribution in [0.5, 0.6) is 0 Å². The molecule has 2 N–H and O–H groups in total.